The van der Waals surface area contributed by atoms with E-state index in [1.165, 1.54) is 19.3 Å². The third-order valence-electron chi connectivity index (χ3n) is 3.40. The van der Waals surface area contributed by atoms with E-state index in [2.05, 4.69) is 16.3 Å². The van der Waals surface area contributed by atoms with E-state index in [1.807, 2.05) is 13.1 Å². The van der Waals surface area contributed by atoms with Gasteiger partial charge >= 0.3 is 0 Å². The van der Waals surface area contributed by atoms with Crippen LogP contribution in [-0.4, -0.2) is 26.2 Å². The number of rotatable bonds is 3. The van der Waals surface area contributed by atoms with Gasteiger partial charge in [-0.25, -0.2) is 0 Å². The maximum Gasteiger partial charge on any atom is 0.101 e. The highest BCUT2D eigenvalue weighted by molar-refractivity contribution is 6.30. The van der Waals surface area contributed by atoms with Gasteiger partial charge in [0.2, 0.25) is 0 Å². The number of nitrogens with one attached hydrogen (secondary N) is 1. The summed E-state index contributed by atoms with van der Waals surface area (Å²) in [5.41, 5.74) is 1.59. The van der Waals surface area contributed by atoms with Crippen molar-refractivity contribution >= 4 is 17.3 Å². The Morgan fingerprint density at radius 2 is 2.33 bits per heavy atom. The lowest BCUT2D eigenvalue weighted by molar-refractivity contribution is 0.403. The van der Waals surface area contributed by atoms with Crippen LogP contribution in [0, 0.1) is 11.3 Å². The van der Waals surface area contributed by atoms with Crippen LogP contribution in [0.15, 0.2) is 18.2 Å². The zero-order valence-corrected chi connectivity index (χ0v) is 11.4. The summed E-state index contributed by atoms with van der Waals surface area (Å²) >= 11 is 6.01. The Morgan fingerprint density at radius 3 is 3.00 bits per heavy atom. The van der Waals surface area contributed by atoms with Crippen LogP contribution in [0.3, 0.4) is 0 Å². The van der Waals surface area contributed by atoms with E-state index in [-0.39, 0.29) is 0 Å². The summed E-state index contributed by atoms with van der Waals surface area (Å²) in [5.74, 6) is 0. The number of benzene rings is 1. The number of hydrogen-bond donors (Lipinski definition) is 1. The molecule has 0 amide bonds. The molecule has 1 atom stereocenters. The second-order valence-corrected chi connectivity index (χ2v) is 5.24. The van der Waals surface area contributed by atoms with Crippen molar-refractivity contribution in [3.8, 4) is 6.07 Å². The van der Waals surface area contributed by atoms with Crippen LogP contribution in [0.2, 0.25) is 5.02 Å². The topological polar surface area (TPSA) is 39.1 Å². The van der Waals surface area contributed by atoms with Crippen LogP contribution in [-0.2, 0) is 0 Å². The molecule has 2 rings (SSSR count). The van der Waals surface area contributed by atoms with Gasteiger partial charge in [-0.3, -0.25) is 0 Å². The molecular weight excluding hydrogens is 246 g/mol. The Hall–Kier alpha value is -1.24. The van der Waals surface area contributed by atoms with E-state index in [4.69, 9.17) is 16.9 Å². The lowest BCUT2D eigenvalue weighted by atomic mass is 10.0. The fourth-order valence-corrected chi connectivity index (χ4v) is 2.59. The molecule has 1 aromatic carbocycles. The SMILES string of the molecule is CN(CC1CCCCN1)c1cc(Cl)ccc1C#N. The van der Waals surface area contributed by atoms with Gasteiger partial charge in [0.15, 0.2) is 0 Å². The molecule has 4 heteroatoms. The minimum atomic E-state index is 0.509. The maximum absolute atomic E-state index is 9.13. The van der Waals surface area contributed by atoms with Crippen molar-refractivity contribution < 1.29 is 0 Å². The minimum Gasteiger partial charge on any atom is -0.372 e. The van der Waals surface area contributed by atoms with Crippen molar-refractivity contribution in [3.05, 3.63) is 28.8 Å². The first-order chi connectivity index (χ1) is 8.70. The fraction of sp³-hybridized carbons (Fsp3) is 0.500. The van der Waals surface area contributed by atoms with Crippen molar-refractivity contribution in [3.63, 3.8) is 0 Å². The van der Waals surface area contributed by atoms with Crippen molar-refractivity contribution in [1.82, 2.24) is 5.32 Å². The molecule has 1 saturated heterocycles. The van der Waals surface area contributed by atoms with Crippen LogP contribution in [0.1, 0.15) is 24.8 Å². The maximum atomic E-state index is 9.13. The molecule has 0 saturated carbocycles. The second kappa shape index (κ2) is 6.08. The van der Waals surface area contributed by atoms with Gasteiger partial charge in [-0.05, 0) is 37.6 Å². The number of anilines is 1. The van der Waals surface area contributed by atoms with Crippen LogP contribution >= 0.6 is 11.6 Å². The Labute approximate surface area is 113 Å². The van der Waals surface area contributed by atoms with Gasteiger partial charge in [-0.1, -0.05) is 18.0 Å². The van der Waals surface area contributed by atoms with Gasteiger partial charge in [0.25, 0.3) is 0 Å². The zero-order valence-electron chi connectivity index (χ0n) is 10.6. The van der Waals surface area contributed by atoms with Crippen molar-refractivity contribution in [1.29, 1.82) is 5.26 Å². The Kier molecular flexibility index (Phi) is 4.46. The number of hydrogen-bond acceptors (Lipinski definition) is 3. The lowest BCUT2D eigenvalue weighted by Crippen LogP contribution is -2.42. The first kappa shape index (κ1) is 13.2. The number of nitriles is 1. The summed E-state index contributed by atoms with van der Waals surface area (Å²) < 4.78 is 0. The van der Waals surface area contributed by atoms with E-state index in [1.54, 1.807) is 12.1 Å². The molecule has 0 bridgehead atoms. The van der Waals surface area contributed by atoms with E-state index < -0.39 is 0 Å². The van der Waals surface area contributed by atoms with Gasteiger partial charge < -0.3 is 10.2 Å². The molecule has 1 fully saturated rings. The number of nitrogens with zero attached hydrogens (tertiary/aromatic N) is 2. The molecule has 0 radical (unpaired) electrons. The highest BCUT2D eigenvalue weighted by atomic mass is 35.5. The standard InChI is InChI=1S/C14H18ClN3/c1-18(10-13-4-2-3-7-17-13)14-8-12(15)6-5-11(14)9-16/h5-6,8,13,17H,2-4,7,10H2,1H3. The van der Waals surface area contributed by atoms with E-state index in [0.29, 0.717) is 16.6 Å². The molecule has 18 heavy (non-hydrogen) atoms. The quantitative estimate of drug-likeness (QED) is 0.912. The van der Waals surface area contributed by atoms with Crippen LogP contribution in [0.25, 0.3) is 0 Å². The Balaban J connectivity index is 2.10. The first-order valence-electron chi connectivity index (χ1n) is 6.35. The summed E-state index contributed by atoms with van der Waals surface area (Å²) in [6.45, 7) is 2.01. The largest absolute Gasteiger partial charge is 0.372 e. The molecule has 1 aliphatic rings. The molecule has 96 valence electrons. The van der Waals surface area contributed by atoms with E-state index in [9.17, 15) is 0 Å². The first-order valence-corrected chi connectivity index (χ1v) is 6.72. The summed E-state index contributed by atoms with van der Waals surface area (Å²) in [6.07, 6.45) is 3.75. The molecule has 1 aromatic rings. The predicted octanol–water partition coefficient (Wildman–Crippen LogP) is 2.79. The van der Waals surface area contributed by atoms with Gasteiger partial charge in [-0.2, -0.15) is 5.26 Å². The molecule has 1 aliphatic heterocycles. The molecule has 0 aromatic heterocycles. The molecular formula is C14H18ClN3. The highest BCUT2D eigenvalue weighted by Crippen LogP contribution is 2.24. The van der Waals surface area contributed by atoms with Crippen LogP contribution < -0.4 is 10.2 Å². The van der Waals surface area contributed by atoms with E-state index >= 15 is 0 Å². The normalized spacial score (nSPS) is 19.3. The number of piperidine rings is 1. The molecule has 0 spiro atoms. The van der Waals surface area contributed by atoms with Gasteiger partial charge in [0, 0.05) is 24.7 Å². The smallest absolute Gasteiger partial charge is 0.101 e. The average molecular weight is 264 g/mol. The van der Waals surface area contributed by atoms with Crippen LogP contribution in [0.4, 0.5) is 5.69 Å². The van der Waals surface area contributed by atoms with Crippen molar-refractivity contribution in [2.24, 2.45) is 0 Å². The summed E-state index contributed by atoms with van der Waals surface area (Å²) in [5, 5.41) is 13.3. The Morgan fingerprint density at radius 1 is 1.50 bits per heavy atom. The van der Waals surface area contributed by atoms with Gasteiger partial charge in [-0.15, -0.1) is 0 Å². The minimum absolute atomic E-state index is 0.509. The molecule has 1 N–H and O–H groups in total. The highest BCUT2D eigenvalue weighted by Gasteiger charge is 2.16. The van der Waals surface area contributed by atoms with E-state index in [0.717, 1.165) is 18.8 Å². The van der Waals surface area contributed by atoms with Crippen molar-refractivity contribution in [2.45, 2.75) is 25.3 Å². The summed E-state index contributed by atoms with van der Waals surface area (Å²) in [4.78, 5) is 2.12. The molecule has 0 aliphatic carbocycles. The number of halogens is 1. The molecule has 3 nitrogen and oxygen atoms in total. The fourth-order valence-electron chi connectivity index (χ4n) is 2.42. The Bertz CT molecular complexity index is 447. The number of likely N-dealkylation sites (N-methyl/N-ethyl adjacent to an activating group) is 1. The van der Waals surface area contributed by atoms with Crippen LogP contribution in [0.5, 0.6) is 0 Å². The van der Waals surface area contributed by atoms with Gasteiger partial charge in [0.1, 0.15) is 6.07 Å². The van der Waals surface area contributed by atoms with Gasteiger partial charge in [0.05, 0.1) is 11.3 Å². The second-order valence-electron chi connectivity index (χ2n) is 4.80. The average Bonchev–Trinajstić information content (AvgIpc) is 2.40. The zero-order chi connectivity index (χ0) is 13.0. The summed E-state index contributed by atoms with van der Waals surface area (Å²) in [7, 11) is 2.02. The lowest BCUT2D eigenvalue weighted by Gasteiger charge is -2.29. The third kappa shape index (κ3) is 3.16. The molecule has 1 heterocycles. The monoisotopic (exact) mass is 263 g/mol. The third-order valence-corrected chi connectivity index (χ3v) is 3.63. The van der Waals surface area contributed by atoms with Crippen molar-refractivity contribution in [2.75, 3.05) is 25.0 Å². The summed E-state index contributed by atoms with van der Waals surface area (Å²) in [6, 6.07) is 8.13. The predicted molar refractivity (Wildman–Crippen MR) is 75.1 cm³/mol. The molecule has 1 unspecified atom stereocenters.